The van der Waals surface area contributed by atoms with Crippen LogP contribution in [0.25, 0.3) is 0 Å². The number of fused-ring (bicyclic) bond motifs is 3. The van der Waals surface area contributed by atoms with E-state index in [1.807, 2.05) is 26.8 Å². The first-order chi connectivity index (χ1) is 12.8. The summed E-state index contributed by atoms with van der Waals surface area (Å²) in [6.07, 6.45) is 1.93. The van der Waals surface area contributed by atoms with Crippen LogP contribution < -0.4 is 0 Å². The zero-order valence-corrected chi connectivity index (χ0v) is 16.4. The quantitative estimate of drug-likeness (QED) is 0.747. The molecule has 0 radical (unpaired) electrons. The van der Waals surface area contributed by atoms with Gasteiger partial charge in [-0.1, -0.05) is 6.07 Å². The van der Waals surface area contributed by atoms with Crippen LogP contribution in [-0.2, 0) is 22.5 Å². The first kappa shape index (κ1) is 18.3. The van der Waals surface area contributed by atoms with E-state index in [0.29, 0.717) is 25.6 Å². The van der Waals surface area contributed by atoms with Crippen molar-refractivity contribution in [3.8, 4) is 0 Å². The SMILES string of the molecule is CC(C)(C)OC(=O)N1CCN(CC2CCc3c2ccc2c3COC2=O)CC1. The first-order valence-corrected chi connectivity index (χ1v) is 9.84. The summed E-state index contributed by atoms with van der Waals surface area (Å²) in [6.45, 7) is 10.3. The lowest BCUT2D eigenvalue weighted by Crippen LogP contribution is -2.50. The fourth-order valence-corrected chi connectivity index (χ4v) is 4.38. The molecule has 6 nitrogen and oxygen atoms in total. The van der Waals surface area contributed by atoms with Gasteiger partial charge in [0, 0.05) is 38.3 Å². The van der Waals surface area contributed by atoms with Crippen LogP contribution in [0.5, 0.6) is 0 Å². The second-order valence-electron chi connectivity index (χ2n) is 8.74. The maximum Gasteiger partial charge on any atom is 0.410 e. The minimum atomic E-state index is -0.451. The van der Waals surface area contributed by atoms with E-state index in [0.717, 1.165) is 43.6 Å². The average Bonchev–Trinajstić information content (AvgIpc) is 3.18. The molecule has 0 saturated carbocycles. The summed E-state index contributed by atoms with van der Waals surface area (Å²) in [5, 5.41) is 0. The van der Waals surface area contributed by atoms with Crippen molar-refractivity contribution in [1.82, 2.24) is 9.80 Å². The summed E-state index contributed by atoms with van der Waals surface area (Å²) in [7, 11) is 0. The molecule has 1 amide bonds. The van der Waals surface area contributed by atoms with Gasteiger partial charge in [0.2, 0.25) is 0 Å². The number of hydrogen-bond donors (Lipinski definition) is 0. The molecule has 3 aliphatic rings. The van der Waals surface area contributed by atoms with Crippen molar-refractivity contribution in [2.24, 2.45) is 0 Å². The Morgan fingerprint density at radius 3 is 2.63 bits per heavy atom. The lowest BCUT2D eigenvalue weighted by molar-refractivity contribution is 0.0140. The molecule has 2 heterocycles. The number of ether oxygens (including phenoxy) is 2. The standard InChI is InChI=1S/C21H28N2O4/c1-21(2,3)27-20(25)23-10-8-22(9-11-23)12-14-4-5-16-15(14)6-7-17-18(16)13-26-19(17)24/h6-7,14H,4-5,8-13H2,1-3H3. The maximum absolute atomic E-state index is 12.2. The number of benzene rings is 1. The molecule has 0 bridgehead atoms. The molecule has 27 heavy (non-hydrogen) atoms. The van der Waals surface area contributed by atoms with E-state index in [4.69, 9.17) is 9.47 Å². The largest absolute Gasteiger partial charge is 0.457 e. The van der Waals surface area contributed by atoms with Gasteiger partial charge in [-0.25, -0.2) is 9.59 Å². The highest BCUT2D eigenvalue weighted by atomic mass is 16.6. The van der Waals surface area contributed by atoms with Crippen molar-refractivity contribution >= 4 is 12.1 Å². The molecule has 1 aliphatic carbocycles. The van der Waals surface area contributed by atoms with E-state index in [9.17, 15) is 9.59 Å². The monoisotopic (exact) mass is 372 g/mol. The Kier molecular flexibility index (Phi) is 4.62. The molecule has 1 atom stereocenters. The molecule has 1 saturated heterocycles. The summed E-state index contributed by atoms with van der Waals surface area (Å²) in [6, 6.07) is 4.05. The van der Waals surface area contributed by atoms with Crippen LogP contribution in [-0.4, -0.2) is 60.2 Å². The van der Waals surface area contributed by atoms with Gasteiger partial charge < -0.3 is 14.4 Å². The fourth-order valence-electron chi connectivity index (χ4n) is 4.38. The molecule has 1 aromatic carbocycles. The normalized spacial score (nSPS) is 22.4. The third-order valence-electron chi connectivity index (χ3n) is 5.72. The van der Waals surface area contributed by atoms with Crippen molar-refractivity contribution in [3.63, 3.8) is 0 Å². The lowest BCUT2D eigenvalue weighted by Gasteiger charge is -2.36. The third kappa shape index (κ3) is 3.68. The predicted molar refractivity (Wildman–Crippen MR) is 101 cm³/mol. The molecule has 4 rings (SSSR count). The molecule has 1 aromatic rings. The summed E-state index contributed by atoms with van der Waals surface area (Å²) < 4.78 is 10.7. The van der Waals surface area contributed by atoms with Gasteiger partial charge in [-0.05, 0) is 56.7 Å². The van der Waals surface area contributed by atoms with E-state index in [1.54, 1.807) is 4.90 Å². The highest BCUT2D eigenvalue weighted by Crippen LogP contribution is 2.39. The zero-order valence-electron chi connectivity index (χ0n) is 16.4. The minimum Gasteiger partial charge on any atom is -0.457 e. The summed E-state index contributed by atoms with van der Waals surface area (Å²) >= 11 is 0. The van der Waals surface area contributed by atoms with Crippen molar-refractivity contribution in [2.45, 2.75) is 51.7 Å². The summed E-state index contributed by atoms with van der Waals surface area (Å²) in [5.41, 5.74) is 4.11. The second-order valence-corrected chi connectivity index (χ2v) is 8.74. The molecule has 2 aliphatic heterocycles. The van der Waals surface area contributed by atoms with Gasteiger partial charge in [-0.2, -0.15) is 0 Å². The molecule has 1 unspecified atom stereocenters. The molecular weight excluding hydrogens is 344 g/mol. The molecule has 0 N–H and O–H groups in total. The summed E-state index contributed by atoms with van der Waals surface area (Å²) in [4.78, 5) is 28.2. The van der Waals surface area contributed by atoms with Crippen LogP contribution in [0.2, 0.25) is 0 Å². The van der Waals surface area contributed by atoms with Crippen molar-refractivity contribution in [3.05, 3.63) is 34.4 Å². The number of esters is 1. The number of amides is 1. The number of rotatable bonds is 2. The van der Waals surface area contributed by atoms with Gasteiger partial charge in [0.25, 0.3) is 0 Å². The predicted octanol–water partition coefficient (Wildman–Crippen LogP) is 2.94. The number of nitrogens with zero attached hydrogens (tertiary/aromatic N) is 2. The summed E-state index contributed by atoms with van der Waals surface area (Å²) in [5.74, 6) is 0.309. The molecule has 6 heteroatoms. The average molecular weight is 372 g/mol. The molecule has 0 spiro atoms. The van der Waals surface area contributed by atoms with Crippen molar-refractivity contribution < 1.29 is 19.1 Å². The first-order valence-electron chi connectivity index (χ1n) is 9.84. The highest BCUT2D eigenvalue weighted by Gasteiger charge is 2.33. The number of carbonyl (C=O) groups is 2. The molecule has 0 aromatic heterocycles. The number of piperazine rings is 1. The van der Waals surface area contributed by atoms with Gasteiger partial charge in [0.05, 0.1) is 5.56 Å². The van der Waals surface area contributed by atoms with E-state index >= 15 is 0 Å². The Morgan fingerprint density at radius 2 is 1.93 bits per heavy atom. The van der Waals surface area contributed by atoms with Crippen LogP contribution in [0, 0.1) is 0 Å². The van der Waals surface area contributed by atoms with Gasteiger partial charge in [-0.15, -0.1) is 0 Å². The van der Waals surface area contributed by atoms with Crippen LogP contribution in [0.15, 0.2) is 12.1 Å². The van der Waals surface area contributed by atoms with Crippen LogP contribution in [0.4, 0.5) is 4.79 Å². The molecular formula is C21H28N2O4. The molecule has 1 fully saturated rings. The number of hydrogen-bond acceptors (Lipinski definition) is 5. The topological polar surface area (TPSA) is 59.1 Å². The third-order valence-corrected chi connectivity index (χ3v) is 5.72. The van der Waals surface area contributed by atoms with Gasteiger partial charge in [-0.3, -0.25) is 4.90 Å². The highest BCUT2D eigenvalue weighted by molar-refractivity contribution is 5.94. The Morgan fingerprint density at radius 1 is 1.19 bits per heavy atom. The Hall–Kier alpha value is -2.08. The van der Waals surface area contributed by atoms with Crippen LogP contribution in [0.3, 0.4) is 0 Å². The van der Waals surface area contributed by atoms with Crippen LogP contribution >= 0.6 is 0 Å². The van der Waals surface area contributed by atoms with Crippen molar-refractivity contribution in [1.29, 1.82) is 0 Å². The minimum absolute atomic E-state index is 0.186. The zero-order chi connectivity index (χ0) is 19.2. The van der Waals surface area contributed by atoms with Gasteiger partial charge >= 0.3 is 12.1 Å². The number of carbonyl (C=O) groups excluding carboxylic acids is 2. The molecule has 146 valence electrons. The smallest absolute Gasteiger partial charge is 0.410 e. The lowest BCUT2D eigenvalue weighted by atomic mass is 9.95. The second kappa shape index (κ2) is 6.82. The van der Waals surface area contributed by atoms with E-state index in [-0.39, 0.29) is 12.1 Å². The Labute approximate surface area is 160 Å². The maximum atomic E-state index is 12.2. The van der Waals surface area contributed by atoms with E-state index in [1.165, 1.54) is 11.1 Å². The van der Waals surface area contributed by atoms with Gasteiger partial charge in [0.1, 0.15) is 12.2 Å². The fraction of sp³-hybridized carbons (Fsp3) is 0.619. The van der Waals surface area contributed by atoms with E-state index < -0.39 is 5.60 Å². The van der Waals surface area contributed by atoms with Crippen molar-refractivity contribution in [2.75, 3.05) is 32.7 Å². The Balaban J connectivity index is 1.35. The van der Waals surface area contributed by atoms with E-state index in [2.05, 4.69) is 11.0 Å². The Bertz CT molecular complexity index is 760. The van der Waals surface area contributed by atoms with Crippen LogP contribution in [0.1, 0.15) is 60.2 Å². The van der Waals surface area contributed by atoms with Gasteiger partial charge in [0.15, 0.2) is 0 Å². The number of cyclic esters (lactones) is 1.